The molecule has 0 fully saturated rings. The van der Waals surface area contributed by atoms with Crippen molar-refractivity contribution in [2.75, 3.05) is 18.6 Å². The van der Waals surface area contributed by atoms with Crippen LogP contribution in [0.15, 0.2) is 0 Å². The minimum Gasteiger partial charge on any atom is -0.480 e. The Morgan fingerprint density at radius 1 is 0.968 bits per heavy atom. The highest BCUT2D eigenvalue weighted by molar-refractivity contribution is 7.98. The van der Waals surface area contributed by atoms with Crippen molar-refractivity contribution < 1.29 is 39.3 Å². The minimum atomic E-state index is -1.66. The fourth-order valence-electron chi connectivity index (χ4n) is 2.32. The van der Waals surface area contributed by atoms with Crippen molar-refractivity contribution in [3.63, 3.8) is 0 Å². The second kappa shape index (κ2) is 14.6. The van der Waals surface area contributed by atoms with Crippen LogP contribution in [0.3, 0.4) is 0 Å². The lowest BCUT2D eigenvalue weighted by molar-refractivity contribution is -0.145. The van der Waals surface area contributed by atoms with Crippen molar-refractivity contribution in [3.8, 4) is 0 Å². The standard InChI is InChI=1S/C17H31N5O8S/c1-8(24)13(17(29)30)22-15(27)10(3-4-12(19)25)20-16(28)11(7-23)21-14(26)9(18)5-6-31-2/h8-11,13,23-24H,3-7,18H2,1-2H3,(H2,19,25)(H,20,28)(H,21,26)(H,22,27)(H,29,30). The number of primary amides is 1. The SMILES string of the molecule is CSCCC(N)C(=O)NC(CO)C(=O)NC(CCC(N)=O)C(=O)NC(C(=O)O)C(C)O. The Balaban J connectivity index is 5.27. The molecule has 0 aromatic carbocycles. The third-order valence-electron chi connectivity index (χ3n) is 4.14. The quantitative estimate of drug-likeness (QED) is 0.118. The number of hydrogen-bond acceptors (Lipinski definition) is 9. The van der Waals surface area contributed by atoms with E-state index >= 15 is 0 Å². The molecule has 0 heterocycles. The van der Waals surface area contributed by atoms with Crippen molar-refractivity contribution >= 4 is 41.4 Å². The molecule has 14 heteroatoms. The van der Waals surface area contributed by atoms with Crippen LogP contribution in [0.25, 0.3) is 0 Å². The first-order chi connectivity index (χ1) is 14.4. The topological polar surface area (TPSA) is 234 Å². The molecule has 0 radical (unpaired) electrons. The summed E-state index contributed by atoms with van der Waals surface area (Å²) in [6.45, 7) is 0.343. The van der Waals surface area contributed by atoms with Gasteiger partial charge in [0.05, 0.1) is 18.8 Å². The average molecular weight is 466 g/mol. The number of thioether (sulfide) groups is 1. The molecule has 13 nitrogen and oxygen atoms in total. The molecule has 31 heavy (non-hydrogen) atoms. The summed E-state index contributed by atoms with van der Waals surface area (Å²) in [5.74, 6) is -4.31. The van der Waals surface area contributed by atoms with Crippen molar-refractivity contribution in [3.05, 3.63) is 0 Å². The van der Waals surface area contributed by atoms with Crippen LogP contribution in [-0.4, -0.2) is 93.8 Å². The van der Waals surface area contributed by atoms with E-state index in [0.717, 1.165) is 6.92 Å². The van der Waals surface area contributed by atoms with E-state index in [9.17, 15) is 34.2 Å². The molecule has 0 aliphatic rings. The molecule has 0 aromatic rings. The number of carbonyl (C=O) groups excluding carboxylic acids is 4. The number of carboxylic acid groups (broad SMARTS) is 1. The molecule has 0 saturated carbocycles. The molecule has 0 rings (SSSR count). The highest BCUT2D eigenvalue weighted by atomic mass is 32.2. The van der Waals surface area contributed by atoms with Gasteiger partial charge in [-0.3, -0.25) is 19.2 Å². The number of carbonyl (C=O) groups is 5. The Labute approximate surface area is 183 Å². The van der Waals surface area contributed by atoms with E-state index in [-0.39, 0.29) is 12.8 Å². The fourth-order valence-corrected chi connectivity index (χ4v) is 2.81. The number of aliphatic carboxylic acids is 1. The maximum absolute atomic E-state index is 12.5. The summed E-state index contributed by atoms with van der Waals surface area (Å²) in [6, 6.07) is -5.44. The van der Waals surface area contributed by atoms with Crippen molar-refractivity contribution in [2.45, 2.75) is 56.5 Å². The number of aliphatic hydroxyl groups is 2. The van der Waals surface area contributed by atoms with Gasteiger partial charge >= 0.3 is 5.97 Å². The molecule has 0 aliphatic heterocycles. The summed E-state index contributed by atoms with van der Waals surface area (Å²) >= 11 is 1.48. The Bertz CT molecular complexity index is 648. The lowest BCUT2D eigenvalue weighted by atomic mass is 10.1. The molecule has 5 unspecified atom stereocenters. The van der Waals surface area contributed by atoms with Gasteiger partial charge in [-0.05, 0) is 31.8 Å². The molecule has 0 bridgehead atoms. The van der Waals surface area contributed by atoms with Gasteiger partial charge < -0.3 is 42.7 Å². The molecule has 0 spiro atoms. The van der Waals surface area contributed by atoms with Crippen LogP contribution in [0.5, 0.6) is 0 Å². The van der Waals surface area contributed by atoms with Gasteiger partial charge in [0.2, 0.25) is 23.6 Å². The molecule has 10 N–H and O–H groups in total. The van der Waals surface area contributed by atoms with Gasteiger partial charge in [-0.1, -0.05) is 0 Å². The molecular formula is C17H31N5O8S. The monoisotopic (exact) mass is 465 g/mol. The second-order valence-corrected chi connectivity index (χ2v) is 7.75. The van der Waals surface area contributed by atoms with Gasteiger partial charge in [-0.2, -0.15) is 11.8 Å². The van der Waals surface area contributed by atoms with Crippen LogP contribution < -0.4 is 27.4 Å². The van der Waals surface area contributed by atoms with Crippen LogP contribution in [-0.2, 0) is 24.0 Å². The first-order valence-electron chi connectivity index (χ1n) is 9.40. The summed E-state index contributed by atoms with van der Waals surface area (Å²) in [4.78, 5) is 59.2. The number of nitrogens with two attached hydrogens (primary N) is 2. The largest absolute Gasteiger partial charge is 0.480 e. The highest BCUT2D eigenvalue weighted by Gasteiger charge is 2.31. The van der Waals surface area contributed by atoms with Crippen molar-refractivity contribution in [1.82, 2.24) is 16.0 Å². The molecule has 178 valence electrons. The predicted molar refractivity (Wildman–Crippen MR) is 112 cm³/mol. The molecule has 0 saturated heterocycles. The van der Waals surface area contributed by atoms with E-state index in [4.69, 9.17) is 16.6 Å². The smallest absolute Gasteiger partial charge is 0.328 e. The van der Waals surface area contributed by atoms with Crippen molar-refractivity contribution in [2.24, 2.45) is 11.5 Å². The van der Waals surface area contributed by atoms with E-state index in [2.05, 4.69) is 16.0 Å². The molecular weight excluding hydrogens is 434 g/mol. The van der Waals surface area contributed by atoms with E-state index in [1.807, 2.05) is 6.26 Å². The van der Waals surface area contributed by atoms with Gasteiger partial charge in [-0.15, -0.1) is 0 Å². The summed E-state index contributed by atoms with van der Waals surface area (Å²) in [7, 11) is 0. The number of carboxylic acids is 1. The van der Waals surface area contributed by atoms with E-state index in [1.165, 1.54) is 11.8 Å². The van der Waals surface area contributed by atoms with Gasteiger partial charge in [0, 0.05) is 6.42 Å². The first kappa shape index (κ1) is 28.6. The van der Waals surface area contributed by atoms with Crippen molar-refractivity contribution in [1.29, 1.82) is 0 Å². The summed E-state index contributed by atoms with van der Waals surface area (Å²) < 4.78 is 0. The van der Waals surface area contributed by atoms with Crippen LogP contribution in [0, 0.1) is 0 Å². The maximum Gasteiger partial charge on any atom is 0.328 e. The number of rotatable bonds is 15. The zero-order valence-corrected chi connectivity index (χ0v) is 18.2. The Morgan fingerprint density at radius 3 is 1.97 bits per heavy atom. The zero-order valence-electron chi connectivity index (χ0n) is 17.4. The number of aliphatic hydroxyl groups excluding tert-OH is 2. The van der Waals surface area contributed by atoms with Gasteiger partial charge in [-0.25, -0.2) is 4.79 Å². The molecule has 5 atom stereocenters. The number of amides is 4. The second-order valence-electron chi connectivity index (χ2n) is 6.76. The fraction of sp³-hybridized carbons (Fsp3) is 0.706. The molecule has 0 aliphatic carbocycles. The normalized spacial score (nSPS) is 15.6. The molecule has 0 aromatic heterocycles. The third kappa shape index (κ3) is 11.0. The Kier molecular flexibility index (Phi) is 13.4. The van der Waals surface area contributed by atoms with E-state index in [0.29, 0.717) is 12.2 Å². The first-order valence-corrected chi connectivity index (χ1v) is 10.8. The van der Waals surface area contributed by atoms with Gasteiger partial charge in [0.1, 0.15) is 12.1 Å². The predicted octanol–water partition coefficient (Wildman–Crippen LogP) is -3.76. The molecule has 4 amide bonds. The third-order valence-corrected chi connectivity index (χ3v) is 4.79. The van der Waals surface area contributed by atoms with Crippen LogP contribution >= 0.6 is 11.8 Å². The lowest BCUT2D eigenvalue weighted by Crippen LogP contribution is -2.59. The highest BCUT2D eigenvalue weighted by Crippen LogP contribution is 2.03. The minimum absolute atomic E-state index is 0.279. The Morgan fingerprint density at radius 2 is 1.52 bits per heavy atom. The lowest BCUT2D eigenvalue weighted by Gasteiger charge is -2.25. The van der Waals surface area contributed by atoms with Crippen LogP contribution in [0.2, 0.25) is 0 Å². The van der Waals surface area contributed by atoms with E-state index < -0.39 is 66.5 Å². The van der Waals surface area contributed by atoms with Gasteiger partial charge in [0.25, 0.3) is 0 Å². The maximum atomic E-state index is 12.5. The summed E-state index contributed by atoms with van der Waals surface area (Å²) in [5.41, 5.74) is 10.8. The number of hydrogen-bond donors (Lipinski definition) is 8. The average Bonchev–Trinajstić information content (AvgIpc) is 2.69. The number of nitrogens with one attached hydrogen (secondary N) is 3. The zero-order chi connectivity index (χ0) is 24.1. The Hall–Kier alpha value is -2.42. The van der Waals surface area contributed by atoms with Gasteiger partial charge in [0.15, 0.2) is 6.04 Å². The van der Waals surface area contributed by atoms with Crippen LogP contribution in [0.4, 0.5) is 0 Å². The summed E-state index contributed by atoms with van der Waals surface area (Å²) in [6.07, 6.45) is 0.130. The summed E-state index contributed by atoms with van der Waals surface area (Å²) in [5, 5.41) is 34.6. The van der Waals surface area contributed by atoms with E-state index in [1.54, 1.807) is 0 Å². The van der Waals surface area contributed by atoms with Crippen LogP contribution in [0.1, 0.15) is 26.2 Å².